The molecule has 108 valence electrons. The van der Waals surface area contributed by atoms with Crippen molar-refractivity contribution < 1.29 is 30.3 Å². The average Bonchev–Trinajstić information content (AvgIpc) is 2.45. The van der Waals surface area contributed by atoms with Gasteiger partial charge in [0, 0.05) is 6.08 Å². The Labute approximate surface area is 119 Å². The summed E-state index contributed by atoms with van der Waals surface area (Å²) in [4.78, 5) is 11.9. The van der Waals surface area contributed by atoms with Gasteiger partial charge in [0.2, 0.25) is 5.75 Å². The molecule has 0 heterocycles. The molecule has 0 spiro atoms. The number of aliphatic hydroxyl groups excluding tert-OH is 1. The van der Waals surface area contributed by atoms with Crippen molar-refractivity contribution in [1.82, 2.24) is 0 Å². The van der Waals surface area contributed by atoms with Crippen LogP contribution in [0.4, 0.5) is 0 Å². The van der Waals surface area contributed by atoms with Crippen molar-refractivity contribution in [3.05, 3.63) is 53.6 Å². The molecule has 2 aromatic rings. The minimum Gasteiger partial charge on any atom is -0.507 e. The van der Waals surface area contributed by atoms with Gasteiger partial charge in [-0.2, -0.15) is 0 Å². The van der Waals surface area contributed by atoms with Crippen molar-refractivity contribution in [2.75, 3.05) is 0 Å². The number of aliphatic hydroxyl groups is 1. The summed E-state index contributed by atoms with van der Waals surface area (Å²) in [6.07, 6.45) is 0.792. The predicted molar refractivity (Wildman–Crippen MR) is 74.5 cm³/mol. The average molecular weight is 288 g/mol. The Bertz CT molecular complexity index is 733. The van der Waals surface area contributed by atoms with Gasteiger partial charge in [-0.15, -0.1) is 0 Å². The van der Waals surface area contributed by atoms with E-state index in [0.29, 0.717) is 0 Å². The van der Waals surface area contributed by atoms with Crippen LogP contribution in [0.15, 0.2) is 42.5 Å². The molecule has 6 nitrogen and oxygen atoms in total. The molecule has 0 aliphatic heterocycles. The third-order valence-electron chi connectivity index (χ3n) is 2.84. The second-order valence-electron chi connectivity index (χ2n) is 4.24. The molecule has 0 amide bonds. The third-order valence-corrected chi connectivity index (χ3v) is 2.84. The molecule has 21 heavy (non-hydrogen) atoms. The number of rotatable bonds is 3. The van der Waals surface area contributed by atoms with Gasteiger partial charge in [0.1, 0.15) is 11.5 Å². The van der Waals surface area contributed by atoms with Gasteiger partial charge >= 0.3 is 0 Å². The molecule has 0 aliphatic carbocycles. The van der Waals surface area contributed by atoms with Crippen LogP contribution in [0.25, 0.3) is 5.76 Å². The zero-order chi connectivity index (χ0) is 15.6. The zero-order valence-corrected chi connectivity index (χ0v) is 10.7. The van der Waals surface area contributed by atoms with Gasteiger partial charge in [0.05, 0.1) is 11.1 Å². The maximum atomic E-state index is 11.9. The van der Waals surface area contributed by atoms with Gasteiger partial charge in [-0.25, -0.2) is 0 Å². The van der Waals surface area contributed by atoms with Crippen LogP contribution in [0, 0.1) is 0 Å². The fraction of sp³-hybridized carbons (Fsp3) is 0. The molecule has 0 bridgehead atoms. The number of para-hydroxylation sites is 1. The number of carbonyl (C=O) groups excluding carboxylic acids is 1. The minimum absolute atomic E-state index is 0.0217. The van der Waals surface area contributed by atoms with E-state index in [0.717, 1.165) is 18.2 Å². The summed E-state index contributed by atoms with van der Waals surface area (Å²) >= 11 is 0. The molecule has 0 atom stereocenters. The monoisotopic (exact) mass is 288 g/mol. The Morgan fingerprint density at radius 3 is 2.14 bits per heavy atom. The molecule has 0 aliphatic rings. The lowest BCUT2D eigenvalue weighted by atomic mass is 10.1. The number of hydrogen-bond donors (Lipinski definition) is 5. The molecule has 0 unspecified atom stereocenters. The van der Waals surface area contributed by atoms with E-state index in [4.69, 9.17) is 0 Å². The van der Waals surface area contributed by atoms with E-state index >= 15 is 0 Å². The summed E-state index contributed by atoms with van der Waals surface area (Å²) in [6.45, 7) is 0. The number of allylic oxidation sites excluding steroid dienone is 1. The molecule has 2 aromatic carbocycles. The van der Waals surface area contributed by atoms with E-state index in [2.05, 4.69) is 0 Å². The third kappa shape index (κ3) is 2.74. The molecule has 2 rings (SSSR count). The smallest absolute Gasteiger partial charge is 0.201 e. The van der Waals surface area contributed by atoms with Crippen molar-refractivity contribution in [3.63, 3.8) is 0 Å². The first-order valence-corrected chi connectivity index (χ1v) is 5.89. The quantitative estimate of drug-likeness (QED) is 0.256. The molecule has 0 aromatic heterocycles. The fourth-order valence-electron chi connectivity index (χ4n) is 1.74. The molecule has 6 heteroatoms. The molecular formula is C15H12O6. The lowest BCUT2D eigenvalue weighted by molar-refractivity contribution is 0.104. The van der Waals surface area contributed by atoms with Crippen LogP contribution in [0.3, 0.4) is 0 Å². The zero-order valence-electron chi connectivity index (χ0n) is 10.7. The Morgan fingerprint density at radius 1 is 0.810 bits per heavy atom. The van der Waals surface area contributed by atoms with Gasteiger partial charge < -0.3 is 25.5 Å². The fourth-order valence-corrected chi connectivity index (χ4v) is 1.74. The molecular weight excluding hydrogens is 276 g/mol. The topological polar surface area (TPSA) is 118 Å². The number of phenolic OH excluding ortho intramolecular Hbond substituents is 4. The number of aromatic hydroxyl groups is 4. The lowest BCUT2D eigenvalue weighted by Crippen LogP contribution is -1.97. The second kappa shape index (κ2) is 5.46. The predicted octanol–water partition coefficient (Wildman–Crippen LogP) is 2.29. The van der Waals surface area contributed by atoms with Gasteiger partial charge in [0.15, 0.2) is 17.3 Å². The first kappa shape index (κ1) is 14.3. The molecule has 0 radical (unpaired) electrons. The van der Waals surface area contributed by atoms with Crippen molar-refractivity contribution in [2.45, 2.75) is 0 Å². The summed E-state index contributed by atoms with van der Waals surface area (Å²) in [5.41, 5.74) is -0.249. The highest BCUT2D eigenvalue weighted by molar-refractivity contribution is 6.09. The summed E-state index contributed by atoms with van der Waals surface area (Å²) < 4.78 is 0. The molecule has 0 fully saturated rings. The number of ketones is 1. The van der Waals surface area contributed by atoms with Crippen molar-refractivity contribution in [2.24, 2.45) is 0 Å². The lowest BCUT2D eigenvalue weighted by Gasteiger charge is -2.07. The maximum absolute atomic E-state index is 11.9. The number of phenols is 4. The second-order valence-corrected chi connectivity index (χ2v) is 4.24. The largest absolute Gasteiger partial charge is 0.507 e. The van der Waals surface area contributed by atoms with E-state index in [9.17, 15) is 30.3 Å². The molecule has 5 N–H and O–H groups in total. The van der Waals surface area contributed by atoms with E-state index in [1.807, 2.05) is 0 Å². The minimum atomic E-state index is -0.803. The molecule has 0 saturated heterocycles. The Balaban J connectivity index is 2.40. The van der Waals surface area contributed by atoms with Crippen LogP contribution in [-0.4, -0.2) is 31.3 Å². The van der Waals surface area contributed by atoms with Crippen molar-refractivity contribution >= 4 is 11.5 Å². The number of carbonyl (C=O) groups is 1. The van der Waals surface area contributed by atoms with Gasteiger partial charge in [-0.3, -0.25) is 4.79 Å². The van der Waals surface area contributed by atoms with Crippen LogP contribution < -0.4 is 0 Å². The normalized spacial score (nSPS) is 11.3. The van der Waals surface area contributed by atoms with Crippen LogP contribution in [-0.2, 0) is 0 Å². The van der Waals surface area contributed by atoms with Gasteiger partial charge in [-0.05, 0) is 24.3 Å². The van der Waals surface area contributed by atoms with Crippen LogP contribution in [0.5, 0.6) is 23.0 Å². The Hall–Kier alpha value is -3.15. The maximum Gasteiger partial charge on any atom is 0.201 e. The van der Waals surface area contributed by atoms with E-state index in [1.54, 1.807) is 12.1 Å². The SMILES string of the molecule is O=C(/C=C(\O)c1ccc(O)c(O)c1O)c1ccccc1O. The first-order chi connectivity index (χ1) is 9.91. The van der Waals surface area contributed by atoms with Crippen molar-refractivity contribution in [1.29, 1.82) is 0 Å². The van der Waals surface area contributed by atoms with Crippen LogP contribution >= 0.6 is 0 Å². The summed E-state index contributed by atoms with van der Waals surface area (Å²) in [5.74, 6) is -3.66. The summed E-state index contributed by atoms with van der Waals surface area (Å²) in [5, 5.41) is 47.6. The molecule has 0 saturated carbocycles. The Morgan fingerprint density at radius 2 is 1.48 bits per heavy atom. The number of benzene rings is 2. The van der Waals surface area contributed by atoms with Crippen LogP contribution in [0.2, 0.25) is 0 Å². The summed E-state index contributed by atoms with van der Waals surface area (Å²) in [7, 11) is 0. The number of hydrogen-bond acceptors (Lipinski definition) is 6. The standard InChI is InChI=1S/C15H12O6/c16-10-4-2-1-3-8(10)12(18)7-13(19)9-5-6-11(17)15(21)14(9)20/h1-7,16-17,19-21H/b13-7-. The van der Waals surface area contributed by atoms with E-state index in [1.165, 1.54) is 12.1 Å². The van der Waals surface area contributed by atoms with Crippen LogP contribution in [0.1, 0.15) is 15.9 Å². The first-order valence-electron chi connectivity index (χ1n) is 5.89. The summed E-state index contributed by atoms with van der Waals surface area (Å²) in [6, 6.07) is 7.96. The van der Waals surface area contributed by atoms with E-state index < -0.39 is 28.8 Å². The highest BCUT2D eigenvalue weighted by Crippen LogP contribution is 2.39. The van der Waals surface area contributed by atoms with Gasteiger partial charge in [-0.1, -0.05) is 12.1 Å². The van der Waals surface area contributed by atoms with E-state index in [-0.39, 0.29) is 16.9 Å². The van der Waals surface area contributed by atoms with Crippen molar-refractivity contribution in [3.8, 4) is 23.0 Å². The van der Waals surface area contributed by atoms with Gasteiger partial charge in [0.25, 0.3) is 0 Å². The highest BCUT2D eigenvalue weighted by Gasteiger charge is 2.16. The Kier molecular flexibility index (Phi) is 3.71. The highest BCUT2D eigenvalue weighted by atomic mass is 16.3.